The Morgan fingerprint density at radius 3 is 2.40 bits per heavy atom. The molecule has 1 aromatic rings. The van der Waals surface area contributed by atoms with Gasteiger partial charge in [-0.05, 0) is 31.8 Å². The van der Waals surface area contributed by atoms with Crippen LogP contribution in [0.1, 0.15) is 19.8 Å². The molecule has 7 nitrogen and oxygen atoms in total. The van der Waals surface area contributed by atoms with Crippen molar-refractivity contribution in [1.29, 1.82) is 0 Å². The van der Waals surface area contributed by atoms with Gasteiger partial charge in [0, 0.05) is 51.5 Å². The monoisotopic (exact) mass is 349 g/mol. The summed E-state index contributed by atoms with van der Waals surface area (Å²) >= 11 is 0. The molecule has 0 unspecified atom stereocenters. The zero-order valence-electron chi connectivity index (χ0n) is 15.5. The lowest BCUT2D eigenvalue weighted by atomic mass is 9.99. The molecule has 7 heteroatoms. The molecule has 2 aliphatic rings. The SMILES string of the molecule is COc1ccnc(N2CCN(C[C@@H](O)CN3CCC(C)CC3)CC2)n1. The topological polar surface area (TPSA) is 65.0 Å². The summed E-state index contributed by atoms with van der Waals surface area (Å²) in [5.74, 6) is 2.15. The van der Waals surface area contributed by atoms with Crippen molar-refractivity contribution in [3.63, 3.8) is 0 Å². The number of hydrogen-bond acceptors (Lipinski definition) is 7. The molecule has 2 fully saturated rings. The Morgan fingerprint density at radius 2 is 1.76 bits per heavy atom. The average Bonchev–Trinajstić information content (AvgIpc) is 2.64. The quantitative estimate of drug-likeness (QED) is 0.811. The lowest BCUT2D eigenvalue weighted by molar-refractivity contribution is 0.0596. The summed E-state index contributed by atoms with van der Waals surface area (Å²) in [6.07, 6.45) is 3.97. The van der Waals surface area contributed by atoms with E-state index in [-0.39, 0.29) is 6.10 Å². The summed E-state index contributed by atoms with van der Waals surface area (Å²) in [4.78, 5) is 15.7. The number of nitrogens with zero attached hydrogens (tertiary/aromatic N) is 5. The van der Waals surface area contributed by atoms with E-state index in [1.54, 1.807) is 19.4 Å². The fourth-order valence-corrected chi connectivity index (χ4v) is 3.63. The van der Waals surface area contributed by atoms with Gasteiger partial charge < -0.3 is 19.6 Å². The summed E-state index contributed by atoms with van der Waals surface area (Å²) in [6.45, 7) is 9.72. The van der Waals surface area contributed by atoms with Crippen LogP contribution >= 0.6 is 0 Å². The molecule has 2 saturated heterocycles. The van der Waals surface area contributed by atoms with Crippen LogP contribution in [0.2, 0.25) is 0 Å². The van der Waals surface area contributed by atoms with Crippen molar-refractivity contribution in [2.45, 2.75) is 25.9 Å². The molecular formula is C18H31N5O2. The number of hydrogen-bond donors (Lipinski definition) is 1. The van der Waals surface area contributed by atoms with Crippen LogP contribution in [-0.2, 0) is 0 Å². The van der Waals surface area contributed by atoms with E-state index in [9.17, 15) is 5.11 Å². The molecule has 1 atom stereocenters. The first kappa shape index (κ1) is 18.4. The number of methoxy groups -OCH3 is 1. The van der Waals surface area contributed by atoms with Crippen molar-refractivity contribution < 1.29 is 9.84 Å². The minimum absolute atomic E-state index is 0.270. The molecule has 140 valence electrons. The first-order valence-corrected chi connectivity index (χ1v) is 9.39. The maximum Gasteiger partial charge on any atom is 0.228 e. The molecule has 3 rings (SSSR count). The number of piperazine rings is 1. The van der Waals surface area contributed by atoms with Gasteiger partial charge >= 0.3 is 0 Å². The third-order valence-corrected chi connectivity index (χ3v) is 5.30. The molecule has 0 bridgehead atoms. The molecule has 1 N–H and O–H groups in total. The Hall–Kier alpha value is -1.44. The van der Waals surface area contributed by atoms with Gasteiger partial charge in [0.15, 0.2) is 0 Å². The minimum atomic E-state index is -0.270. The van der Waals surface area contributed by atoms with Gasteiger partial charge in [-0.2, -0.15) is 4.98 Å². The summed E-state index contributed by atoms with van der Waals surface area (Å²) in [6, 6.07) is 1.76. The van der Waals surface area contributed by atoms with E-state index >= 15 is 0 Å². The van der Waals surface area contributed by atoms with Crippen LogP contribution in [0.3, 0.4) is 0 Å². The summed E-state index contributed by atoms with van der Waals surface area (Å²) < 4.78 is 5.17. The van der Waals surface area contributed by atoms with E-state index in [1.165, 1.54) is 12.8 Å². The summed E-state index contributed by atoms with van der Waals surface area (Å²) in [7, 11) is 1.62. The largest absolute Gasteiger partial charge is 0.481 e. The van der Waals surface area contributed by atoms with Crippen LogP contribution < -0.4 is 9.64 Å². The lowest BCUT2D eigenvalue weighted by Gasteiger charge is -2.37. The van der Waals surface area contributed by atoms with Crippen LogP contribution in [0, 0.1) is 5.92 Å². The van der Waals surface area contributed by atoms with E-state index in [1.807, 2.05) is 0 Å². The van der Waals surface area contributed by atoms with Crippen molar-refractivity contribution in [3.8, 4) is 5.88 Å². The number of rotatable bonds is 6. The highest BCUT2D eigenvalue weighted by Gasteiger charge is 2.23. The lowest BCUT2D eigenvalue weighted by Crippen LogP contribution is -2.50. The maximum atomic E-state index is 10.4. The summed E-state index contributed by atoms with van der Waals surface area (Å²) in [5, 5.41) is 10.4. The molecule has 25 heavy (non-hydrogen) atoms. The molecule has 3 heterocycles. The highest BCUT2D eigenvalue weighted by atomic mass is 16.5. The van der Waals surface area contributed by atoms with Gasteiger partial charge in [-0.1, -0.05) is 6.92 Å². The Labute approximate surface area is 150 Å². The van der Waals surface area contributed by atoms with Crippen molar-refractivity contribution in [3.05, 3.63) is 12.3 Å². The molecule has 1 aromatic heterocycles. The molecule has 0 saturated carbocycles. The normalized spacial score (nSPS) is 22.1. The maximum absolute atomic E-state index is 10.4. The highest BCUT2D eigenvalue weighted by Crippen LogP contribution is 2.17. The van der Waals surface area contributed by atoms with Gasteiger partial charge in [-0.15, -0.1) is 0 Å². The van der Waals surface area contributed by atoms with Gasteiger partial charge in [-0.3, -0.25) is 4.90 Å². The second-order valence-corrected chi connectivity index (χ2v) is 7.32. The van der Waals surface area contributed by atoms with E-state index < -0.39 is 0 Å². The number of likely N-dealkylation sites (tertiary alicyclic amines) is 1. The minimum Gasteiger partial charge on any atom is -0.481 e. The number of aliphatic hydroxyl groups excluding tert-OH is 1. The first-order valence-electron chi connectivity index (χ1n) is 9.39. The third-order valence-electron chi connectivity index (χ3n) is 5.30. The first-order chi connectivity index (χ1) is 12.1. The molecule has 0 spiro atoms. The second-order valence-electron chi connectivity index (χ2n) is 7.32. The Bertz CT molecular complexity index is 528. The standard InChI is InChI=1S/C18H31N5O2/c1-15-4-7-21(8-5-15)13-16(24)14-22-9-11-23(12-10-22)18-19-6-3-17(20-18)25-2/h3,6,15-16,24H,4-5,7-14H2,1-2H3/t16-/m0/s1. The van der Waals surface area contributed by atoms with Crippen LogP contribution in [0.25, 0.3) is 0 Å². The predicted octanol–water partition coefficient (Wildman–Crippen LogP) is 0.700. The fourth-order valence-electron chi connectivity index (χ4n) is 3.63. The van der Waals surface area contributed by atoms with Gasteiger partial charge in [0.25, 0.3) is 0 Å². The van der Waals surface area contributed by atoms with Gasteiger partial charge in [0.1, 0.15) is 0 Å². The third kappa shape index (κ3) is 5.26. The zero-order valence-corrected chi connectivity index (χ0v) is 15.5. The highest BCUT2D eigenvalue weighted by molar-refractivity contribution is 5.32. The van der Waals surface area contributed by atoms with Crippen molar-refractivity contribution in [1.82, 2.24) is 19.8 Å². The van der Waals surface area contributed by atoms with Gasteiger partial charge in [0.05, 0.1) is 13.2 Å². The number of aromatic nitrogens is 2. The average molecular weight is 349 g/mol. The number of anilines is 1. The number of piperidine rings is 1. The van der Waals surface area contributed by atoms with Gasteiger partial charge in [-0.25, -0.2) is 4.98 Å². The Balaban J connectivity index is 1.41. The van der Waals surface area contributed by atoms with E-state index in [0.29, 0.717) is 5.88 Å². The van der Waals surface area contributed by atoms with E-state index in [4.69, 9.17) is 4.74 Å². The molecule has 0 aliphatic carbocycles. The molecule has 2 aliphatic heterocycles. The molecule has 0 amide bonds. The Morgan fingerprint density at radius 1 is 1.12 bits per heavy atom. The van der Waals surface area contributed by atoms with Crippen LogP contribution in [0.15, 0.2) is 12.3 Å². The molecule has 0 radical (unpaired) electrons. The number of aliphatic hydroxyl groups is 1. The van der Waals surface area contributed by atoms with E-state index in [0.717, 1.165) is 64.2 Å². The van der Waals surface area contributed by atoms with Crippen LogP contribution in [0.5, 0.6) is 5.88 Å². The van der Waals surface area contributed by atoms with Crippen molar-refractivity contribution >= 4 is 5.95 Å². The second kappa shape index (κ2) is 8.78. The van der Waals surface area contributed by atoms with Crippen molar-refractivity contribution in [2.75, 3.05) is 64.4 Å². The zero-order chi connectivity index (χ0) is 17.6. The molecule has 0 aromatic carbocycles. The van der Waals surface area contributed by atoms with Gasteiger partial charge in [0.2, 0.25) is 11.8 Å². The predicted molar refractivity (Wildman–Crippen MR) is 98.1 cm³/mol. The number of ether oxygens (including phenoxy) is 1. The fraction of sp³-hybridized carbons (Fsp3) is 0.778. The van der Waals surface area contributed by atoms with Crippen LogP contribution in [-0.4, -0.2) is 90.4 Å². The van der Waals surface area contributed by atoms with Crippen molar-refractivity contribution in [2.24, 2.45) is 5.92 Å². The number of β-amino-alcohol motifs (C(OH)–C–C–N with tert-alkyl or cyclic N) is 1. The smallest absolute Gasteiger partial charge is 0.228 e. The molecular weight excluding hydrogens is 318 g/mol. The Kier molecular flexibility index (Phi) is 6.45. The van der Waals surface area contributed by atoms with E-state index in [2.05, 4.69) is 31.6 Å². The summed E-state index contributed by atoms with van der Waals surface area (Å²) in [5.41, 5.74) is 0. The van der Waals surface area contributed by atoms with Crippen LogP contribution in [0.4, 0.5) is 5.95 Å².